The lowest BCUT2D eigenvalue weighted by molar-refractivity contribution is -0.127. The van der Waals surface area contributed by atoms with Crippen LogP contribution < -0.4 is 10.6 Å². The van der Waals surface area contributed by atoms with E-state index in [4.69, 9.17) is 5.73 Å². The van der Waals surface area contributed by atoms with Gasteiger partial charge in [0.25, 0.3) is 0 Å². The SMILES string of the molecule is CCN(CC(=O)N(C)C)c1nc(C)nc(N)c1C. The van der Waals surface area contributed by atoms with Gasteiger partial charge >= 0.3 is 0 Å². The number of carbonyl (C=O) groups is 1. The second-order valence-electron chi connectivity index (χ2n) is 4.41. The first kappa shape index (κ1) is 14.2. The highest BCUT2D eigenvalue weighted by atomic mass is 16.2. The number of rotatable bonds is 4. The van der Waals surface area contributed by atoms with E-state index in [2.05, 4.69) is 9.97 Å². The van der Waals surface area contributed by atoms with Gasteiger partial charge < -0.3 is 15.5 Å². The van der Waals surface area contributed by atoms with Crippen LogP contribution in [0.1, 0.15) is 18.3 Å². The number of hydrogen-bond donors (Lipinski definition) is 1. The molecular formula is C12H21N5O. The summed E-state index contributed by atoms with van der Waals surface area (Å²) in [5.74, 6) is 1.85. The van der Waals surface area contributed by atoms with Gasteiger partial charge in [-0.15, -0.1) is 0 Å². The maximum Gasteiger partial charge on any atom is 0.241 e. The number of likely N-dealkylation sites (N-methyl/N-ethyl adjacent to an activating group) is 2. The van der Waals surface area contributed by atoms with Crippen LogP contribution in [-0.2, 0) is 4.79 Å². The van der Waals surface area contributed by atoms with Crippen LogP contribution >= 0.6 is 0 Å². The minimum atomic E-state index is 0.0334. The van der Waals surface area contributed by atoms with E-state index >= 15 is 0 Å². The molecule has 18 heavy (non-hydrogen) atoms. The Morgan fingerprint density at radius 2 is 1.89 bits per heavy atom. The summed E-state index contributed by atoms with van der Waals surface area (Å²) in [5.41, 5.74) is 6.65. The number of nitrogen functional groups attached to an aromatic ring is 1. The van der Waals surface area contributed by atoms with Gasteiger partial charge in [0.2, 0.25) is 5.91 Å². The van der Waals surface area contributed by atoms with Crippen molar-refractivity contribution in [2.75, 3.05) is 37.8 Å². The van der Waals surface area contributed by atoms with Crippen LogP contribution in [0.15, 0.2) is 0 Å². The third kappa shape index (κ3) is 3.09. The van der Waals surface area contributed by atoms with Gasteiger partial charge in [-0.25, -0.2) is 9.97 Å². The number of carbonyl (C=O) groups excluding carboxylic acids is 1. The van der Waals surface area contributed by atoms with E-state index in [1.54, 1.807) is 25.9 Å². The fourth-order valence-corrected chi connectivity index (χ4v) is 1.58. The van der Waals surface area contributed by atoms with E-state index in [1.807, 2.05) is 18.7 Å². The molecule has 6 heteroatoms. The predicted octanol–water partition coefficient (Wildman–Crippen LogP) is 0.590. The zero-order valence-corrected chi connectivity index (χ0v) is 11.7. The monoisotopic (exact) mass is 251 g/mol. The highest BCUT2D eigenvalue weighted by molar-refractivity contribution is 5.81. The molecule has 1 aromatic rings. The molecule has 0 fully saturated rings. The Hall–Kier alpha value is -1.85. The summed E-state index contributed by atoms with van der Waals surface area (Å²) >= 11 is 0. The molecule has 0 aromatic carbocycles. The first-order chi connectivity index (χ1) is 8.36. The van der Waals surface area contributed by atoms with Crippen LogP contribution in [0.25, 0.3) is 0 Å². The molecule has 0 spiro atoms. The van der Waals surface area contributed by atoms with E-state index in [9.17, 15) is 4.79 Å². The molecule has 0 aliphatic heterocycles. The summed E-state index contributed by atoms with van der Waals surface area (Å²) in [4.78, 5) is 23.7. The second-order valence-corrected chi connectivity index (χ2v) is 4.41. The quantitative estimate of drug-likeness (QED) is 0.847. The maximum atomic E-state index is 11.8. The van der Waals surface area contributed by atoms with Crippen molar-refractivity contribution in [3.63, 3.8) is 0 Å². The molecule has 0 unspecified atom stereocenters. The van der Waals surface area contributed by atoms with Gasteiger partial charge in [-0.1, -0.05) is 0 Å². The van der Waals surface area contributed by atoms with Crippen molar-refractivity contribution < 1.29 is 4.79 Å². The molecule has 1 rings (SSSR count). The molecule has 100 valence electrons. The Morgan fingerprint density at radius 3 is 2.39 bits per heavy atom. The highest BCUT2D eigenvalue weighted by Gasteiger charge is 2.16. The number of hydrogen-bond acceptors (Lipinski definition) is 5. The van der Waals surface area contributed by atoms with Crippen LogP contribution in [0.5, 0.6) is 0 Å². The molecule has 0 saturated carbocycles. The molecule has 0 bridgehead atoms. The fourth-order valence-electron chi connectivity index (χ4n) is 1.58. The van der Waals surface area contributed by atoms with Crippen molar-refractivity contribution in [1.29, 1.82) is 0 Å². The predicted molar refractivity (Wildman–Crippen MR) is 72.5 cm³/mol. The van der Waals surface area contributed by atoms with Gasteiger partial charge in [-0.3, -0.25) is 4.79 Å². The van der Waals surface area contributed by atoms with Crippen molar-refractivity contribution in [3.8, 4) is 0 Å². The Balaban J connectivity index is 3.05. The lowest BCUT2D eigenvalue weighted by Crippen LogP contribution is -2.37. The number of aryl methyl sites for hydroxylation is 1. The van der Waals surface area contributed by atoms with Crippen molar-refractivity contribution in [1.82, 2.24) is 14.9 Å². The van der Waals surface area contributed by atoms with Crippen LogP contribution in [0.2, 0.25) is 0 Å². The minimum Gasteiger partial charge on any atom is -0.383 e. The van der Waals surface area contributed by atoms with E-state index in [0.29, 0.717) is 24.7 Å². The molecule has 2 N–H and O–H groups in total. The zero-order chi connectivity index (χ0) is 13.9. The number of nitrogens with two attached hydrogens (primary N) is 1. The Labute approximate surface area is 108 Å². The van der Waals surface area contributed by atoms with E-state index in [0.717, 1.165) is 11.4 Å². The first-order valence-corrected chi connectivity index (χ1v) is 5.92. The Kier molecular flexibility index (Phi) is 4.47. The summed E-state index contributed by atoms with van der Waals surface area (Å²) in [7, 11) is 3.48. The van der Waals surface area contributed by atoms with Crippen LogP contribution in [0.4, 0.5) is 11.6 Å². The van der Waals surface area contributed by atoms with E-state index in [-0.39, 0.29) is 5.91 Å². The third-order valence-corrected chi connectivity index (χ3v) is 2.78. The maximum absolute atomic E-state index is 11.8. The number of aromatic nitrogens is 2. The summed E-state index contributed by atoms with van der Waals surface area (Å²) in [6.07, 6.45) is 0. The molecule has 0 radical (unpaired) electrons. The lowest BCUT2D eigenvalue weighted by atomic mass is 10.2. The van der Waals surface area contributed by atoms with Crippen LogP contribution in [0.3, 0.4) is 0 Å². The lowest BCUT2D eigenvalue weighted by Gasteiger charge is -2.25. The minimum absolute atomic E-state index is 0.0334. The summed E-state index contributed by atoms with van der Waals surface area (Å²) in [5, 5.41) is 0. The molecule has 1 heterocycles. The molecule has 1 aromatic heterocycles. The summed E-state index contributed by atoms with van der Waals surface area (Å²) < 4.78 is 0. The number of anilines is 2. The average Bonchev–Trinajstić information content (AvgIpc) is 2.30. The van der Waals surface area contributed by atoms with Gasteiger partial charge in [0, 0.05) is 26.2 Å². The average molecular weight is 251 g/mol. The molecule has 1 amide bonds. The Morgan fingerprint density at radius 1 is 1.28 bits per heavy atom. The second kappa shape index (κ2) is 5.66. The van der Waals surface area contributed by atoms with Crippen molar-refractivity contribution in [2.24, 2.45) is 0 Å². The normalized spacial score (nSPS) is 10.3. The van der Waals surface area contributed by atoms with Crippen LogP contribution in [-0.4, -0.2) is 48.0 Å². The molecular weight excluding hydrogens is 230 g/mol. The van der Waals surface area contributed by atoms with Crippen molar-refractivity contribution in [2.45, 2.75) is 20.8 Å². The fraction of sp³-hybridized carbons (Fsp3) is 0.583. The molecule has 6 nitrogen and oxygen atoms in total. The first-order valence-electron chi connectivity index (χ1n) is 5.92. The molecule has 0 saturated heterocycles. The van der Waals surface area contributed by atoms with Gasteiger partial charge in [0.15, 0.2) is 0 Å². The summed E-state index contributed by atoms with van der Waals surface area (Å²) in [6.45, 7) is 6.63. The zero-order valence-electron chi connectivity index (χ0n) is 11.7. The highest BCUT2D eigenvalue weighted by Crippen LogP contribution is 2.21. The molecule has 0 atom stereocenters. The van der Waals surface area contributed by atoms with Gasteiger partial charge in [-0.05, 0) is 20.8 Å². The van der Waals surface area contributed by atoms with Gasteiger partial charge in [-0.2, -0.15) is 0 Å². The third-order valence-electron chi connectivity index (χ3n) is 2.78. The largest absolute Gasteiger partial charge is 0.383 e. The van der Waals surface area contributed by atoms with Gasteiger partial charge in [0.05, 0.1) is 6.54 Å². The summed E-state index contributed by atoms with van der Waals surface area (Å²) in [6, 6.07) is 0. The van der Waals surface area contributed by atoms with E-state index < -0.39 is 0 Å². The molecule has 0 aliphatic carbocycles. The van der Waals surface area contributed by atoms with Gasteiger partial charge in [0.1, 0.15) is 17.5 Å². The van der Waals surface area contributed by atoms with Crippen molar-refractivity contribution >= 4 is 17.5 Å². The number of amides is 1. The van der Waals surface area contributed by atoms with Crippen molar-refractivity contribution in [3.05, 3.63) is 11.4 Å². The number of nitrogens with zero attached hydrogens (tertiary/aromatic N) is 4. The van der Waals surface area contributed by atoms with E-state index in [1.165, 1.54) is 0 Å². The topological polar surface area (TPSA) is 75.4 Å². The molecule has 0 aliphatic rings. The standard InChI is InChI=1S/C12H21N5O/c1-6-17(7-10(18)16(4)5)12-8(2)11(13)14-9(3)15-12/h6-7H2,1-5H3,(H2,13,14,15). The van der Waals surface area contributed by atoms with Crippen LogP contribution in [0, 0.1) is 13.8 Å². The smallest absolute Gasteiger partial charge is 0.241 e. The Bertz CT molecular complexity index is 444.